The van der Waals surface area contributed by atoms with E-state index in [2.05, 4.69) is 0 Å². The van der Waals surface area contributed by atoms with Crippen molar-refractivity contribution in [1.82, 2.24) is 9.55 Å². The number of nitrogens with zero attached hydrogens (tertiary/aromatic N) is 2. The minimum Gasteiger partial charge on any atom is -0.268 e. The number of hydrogen-bond acceptors (Lipinski definition) is 4. The van der Waals surface area contributed by atoms with Crippen LogP contribution in [0.2, 0.25) is 5.02 Å². The molecule has 0 radical (unpaired) electrons. The number of thiophene rings is 1. The fourth-order valence-corrected chi connectivity index (χ4v) is 6.95. The summed E-state index contributed by atoms with van der Waals surface area (Å²) in [6.45, 7) is 1.99. The number of rotatable bonds is 4. The molecule has 0 fully saturated rings. The van der Waals surface area contributed by atoms with Gasteiger partial charge in [0.05, 0.1) is 11.1 Å². The van der Waals surface area contributed by atoms with E-state index in [0.717, 1.165) is 47.2 Å². The van der Waals surface area contributed by atoms with Crippen molar-refractivity contribution in [3.05, 3.63) is 85.2 Å². The van der Waals surface area contributed by atoms with Crippen molar-refractivity contribution in [3.63, 3.8) is 0 Å². The van der Waals surface area contributed by atoms with E-state index >= 15 is 0 Å². The van der Waals surface area contributed by atoms with Gasteiger partial charge in [0.1, 0.15) is 10.6 Å². The Kier molecular flexibility index (Phi) is 6.10. The summed E-state index contributed by atoms with van der Waals surface area (Å²) in [5, 5.41) is 1.70. The number of aryl methyl sites for hydroxylation is 3. The van der Waals surface area contributed by atoms with Crippen molar-refractivity contribution in [3.8, 4) is 5.69 Å². The van der Waals surface area contributed by atoms with Crippen LogP contribution in [0.25, 0.3) is 15.9 Å². The Labute approximate surface area is 199 Å². The zero-order chi connectivity index (χ0) is 22.2. The molecule has 0 unspecified atom stereocenters. The molecular formula is C25H22ClFN2OS2. The minimum atomic E-state index is -0.348. The van der Waals surface area contributed by atoms with Crippen LogP contribution in [0.1, 0.15) is 40.8 Å². The molecule has 0 aliphatic heterocycles. The molecule has 0 spiro atoms. The summed E-state index contributed by atoms with van der Waals surface area (Å²) in [6.07, 6.45) is 5.38. The fourth-order valence-electron chi connectivity index (χ4n) is 4.29. The summed E-state index contributed by atoms with van der Waals surface area (Å²) in [6, 6.07) is 12.5. The first-order chi connectivity index (χ1) is 15.5. The van der Waals surface area contributed by atoms with E-state index in [1.54, 1.807) is 28.0 Å². The van der Waals surface area contributed by atoms with E-state index in [-0.39, 0.29) is 11.4 Å². The van der Waals surface area contributed by atoms with Gasteiger partial charge in [-0.2, -0.15) is 0 Å². The van der Waals surface area contributed by atoms with Gasteiger partial charge in [0, 0.05) is 21.2 Å². The lowest BCUT2D eigenvalue weighted by Gasteiger charge is -2.15. The molecule has 0 atom stereocenters. The quantitative estimate of drug-likeness (QED) is 0.176. The van der Waals surface area contributed by atoms with Crippen LogP contribution < -0.4 is 5.56 Å². The number of thioether (sulfide) groups is 1. The number of hydrogen-bond donors (Lipinski definition) is 0. The Morgan fingerprint density at radius 1 is 1.12 bits per heavy atom. The second kappa shape index (κ2) is 9.00. The molecule has 2 aromatic heterocycles. The molecule has 0 N–H and O–H groups in total. The van der Waals surface area contributed by atoms with Gasteiger partial charge in [-0.1, -0.05) is 54.0 Å². The van der Waals surface area contributed by atoms with Crippen molar-refractivity contribution in [2.75, 3.05) is 0 Å². The molecule has 1 aliphatic carbocycles. The van der Waals surface area contributed by atoms with Crippen LogP contribution in [-0.2, 0) is 18.6 Å². The molecule has 3 nitrogen and oxygen atoms in total. The van der Waals surface area contributed by atoms with Crippen LogP contribution in [0.15, 0.2) is 52.4 Å². The van der Waals surface area contributed by atoms with E-state index in [1.807, 2.05) is 31.2 Å². The third-order valence-corrected chi connectivity index (χ3v) is 8.48. The molecule has 164 valence electrons. The summed E-state index contributed by atoms with van der Waals surface area (Å²) in [5.41, 5.74) is 3.36. The van der Waals surface area contributed by atoms with Crippen molar-refractivity contribution in [2.24, 2.45) is 0 Å². The van der Waals surface area contributed by atoms with E-state index in [1.165, 1.54) is 34.7 Å². The van der Waals surface area contributed by atoms with Crippen LogP contribution in [0, 0.1) is 12.7 Å². The van der Waals surface area contributed by atoms with E-state index in [9.17, 15) is 9.18 Å². The number of benzene rings is 2. The van der Waals surface area contributed by atoms with E-state index < -0.39 is 0 Å². The highest BCUT2D eigenvalue weighted by Crippen LogP contribution is 2.36. The predicted octanol–water partition coefficient (Wildman–Crippen LogP) is 7.11. The average molecular weight is 485 g/mol. The molecule has 7 heteroatoms. The number of aromatic nitrogens is 2. The van der Waals surface area contributed by atoms with Gasteiger partial charge in [0.2, 0.25) is 0 Å². The van der Waals surface area contributed by atoms with Gasteiger partial charge in [-0.15, -0.1) is 11.3 Å². The maximum atomic E-state index is 14.4. The second-order valence-electron chi connectivity index (χ2n) is 8.05. The Bertz CT molecular complexity index is 1360. The standard InChI is InChI=1S/C25H22ClFN2OS2/c1-15-8-5-6-12-20(15)29-24(30)22-16-9-3-2-4-13-21(16)32-23(22)28-25(29)31-14-17-18(26)10-7-11-19(17)27/h5-8,10-12H,2-4,9,13-14H2,1H3. The zero-order valence-electron chi connectivity index (χ0n) is 17.7. The van der Waals surface area contributed by atoms with Crippen molar-refractivity contribution in [1.29, 1.82) is 0 Å². The van der Waals surface area contributed by atoms with Gasteiger partial charge in [-0.25, -0.2) is 9.37 Å². The number of para-hydroxylation sites is 1. The summed E-state index contributed by atoms with van der Waals surface area (Å²) < 4.78 is 16.1. The van der Waals surface area contributed by atoms with Crippen molar-refractivity contribution in [2.45, 2.75) is 49.9 Å². The lowest BCUT2D eigenvalue weighted by molar-refractivity contribution is 0.617. The van der Waals surface area contributed by atoms with Gasteiger partial charge in [0.25, 0.3) is 5.56 Å². The first-order valence-electron chi connectivity index (χ1n) is 10.7. The zero-order valence-corrected chi connectivity index (χ0v) is 20.0. The molecule has 32 heavy (non-hydrogen) atoms. The maximum absolute atomic E-state index is 14.4. The Morgan fingerprint density at radius 3 is 2.75 bits per heavy atom. The van der Waals surface area contributed by atoms with E-state index in [0.29, 0.717) is 21.5 Å². The summed E-state index contributed by atoms with van der Waals surface area (Å²) >= 11 is 9.23. The van der Waals surface area contributed by atoms with Crippen LogP contribution in [0.3, 0.4) is 0 Å². The smallest absolute Gasteiger partial charge is 0.267 e. The lowest BCUT2D eigenvalue weighted by atomic mass is 10.1. The fraction of sp³-hybridized carbons (Fsp3) is 0.280. The molecule has 0 amide bonds. The lowest BCUT2D eigenvalue weighted by Crippen LogP contribution is -2.22. The van der Waals surface area contributed by atoms with Crippen LogP contribution in [0.4, 0.5) is 4.39 Å². The predicted molar refractivity (Wildman–Crippen MR) is 132 cm³/mol. The van der Waals surface area contributed by atoms with Crippen LogP contribution >= 0.6 is 34.7 Å². The summed E-state index contributed by atoms with van der Waals surface area (Å²) in [7, 11) is 0. The van der Waals surface area contributed by atoms with Crippen LogP contribution in [0.5, 0.6) is 0 Å². The largest absolute Gasteiger partial charge is 0.268 e. The third kappa shape index (κ3) is 3.89. The molecule has 0 bridgehead atoms. The molecule has 4 aromatic rings. The molecule has 2 aromatic carbocycles. The van der Waals surface area contributed by atoms with Gasteiger partial charge in [-0.05, 0) is 61.9 Å². The molecular weight excluding hydrogens is 463 g/mol. The third-order valence-electron chi connectivity index (χ3n) is 5.97. The normalized spacial score (nSPS) is 13.8. The number of fused-ring (bicyclic) bond motifs is 3. The number of halogens is 2. The van der Waals surface area contributed by atoms with E-state index in [4.69, 9.17) is 16.6 Å². The SMILES string of the molecule is Cc1ccccc1-n1c(SCc2c(F)cccc2Cl)nc2sc3c(c2c1=O)CCCCC3. The maximum Gasteiger partial charge on any atom is 0.267 e. The van der Waals surface area contributed by atoms with Crippen LogP contribution in [-0.4, -0.2) is 9.55 Å². The van der Waals surface area contributed by atoms with Crippen molar-refractivity contribution >= 4 is 44.9 Å². The highest BCUT2D eigenvalue weighted by Gasteiger charge is 2.23. The van der Waals surface area contributed by atoms with Gasteiger partial charge >= 0.3 is 0 Å². The topological polar surface area (TPSA) is 34.9 Å². The first kappa shape index (κ1) is 21.7. The first-order valence-corrected chi connectivity index (χ1v) is 12.9. The van der Waals surface area contributed by atoms with Gasteiger partial charge < -0.3 is 0 Å². The summed E-state index contributed by atoms with van der Waals surface area (Å²) in [5.74, 6) is -0.0563. The van der Waals surface area contributed by atoms with Gasteiger partial charge in [0.15, 0.2) is 5.16 Å². The summed E-state index contributed by atoms with van der Waals surface area (Å²) in [4.78, 5) is 20.9. The molecule has 0 saturated heterocycles. The molecule has 1 aliphatic rings. The van der Waals surface area contributed by atoms with Crippen molar-refractivity contribution < 1.29 is 4.39 Å². The Balaban J connectivity index is 1.70. The molecule has 5 rings (SSSR count). The highest BCUT2D eigenvalue weighted by molar-refractivity contribution is 7.98. The average Bonchev–Trinajstić information content (AvgIpc) is 2.96. The second-order valence-corrected chi connectivity index (χ2v) is 10.5. The monoisotopic (exact) mass is 484 g/mol. The molecule has 0 saturated carbocycles. The highest BCUT2D eigenvalue weighted by atomic mass is 35.5. The minimum absolute atomic E-state index is 0.0363. The Morgan fingerprint density at radius 2 is 1.94 bits per heavy atom. The van der Waals surface area contributed by atoms with Gasteiger partial charge in [-0.3, -0.25) is 9.36 Å². The Hall–Kier alpha value is -2.15. The molecule has 2 heterocycles.